The van der Waals surface area contributed by atoms with Crippen LogP contribution in [0, 0.1) is 0 Å². The monoisotopic (exact) mass is 393 g/mol. The Morgan fingerprint density at radius 1 is 1.19 bits per heavy atom. The van der Waals surface area contributed by atoms with E-state index >= 15 is 0 Å². The Balaban J connectivity index is 1.98. The number of ether oxygens (including phenoxy) is 3. The van der Waals surface area contributed by atoms with Gasteiger partial charge in [0.15, 0.2) is 16.6 Å². The first-order chi connectivity index (χ1) is 12.6. The molecule has 2 rings (SSSR count). The number of rotatable bonds is 7. The van der Waals surface area contributed by atoms with Crippen molar-refractivity contribution in [3.05, 3.63) is 47.0 Å². The molecule has 0 aromatic heterocycles. The SMILES string of the molecule is CCOc1c(Cl)cc(/C=N/NC(=S)Nc2ccc(OC)cc2)cc1OC. The number of nitrogens with zero attached hydrogens (tertiary/aromatic N) is 1. The van der Waals surface area contributed by atoms with Gasteiger partial charge in [0.1, 0.15) is 5.75 Å². The molecule has 138 valence electrons. The molecule has 0 amide bonds. The van der Waals surface area contributed by atoms with Gasteiger partial charge in [-0.15, -0.1) is 0 Å². The van der Waals surface area contributed by atoms with E-state index in [2.05, 4.69) is 15.8 Å². The maximum absolute atomic E-state index is 6.23. The summed E-state index contributed by atoms with van der Waals surface area (Å²) in [6, 6.07) is 10.9. The van der Waals surface area contributed by atoms with E-state index in [9.17, 15) is 0 Å². The topological polar surface area (TPSA) is 64.1 Å². The molecule has 0 aliphatic carbocycles. The van der Waals surface area contributed by atoms with Crippen molar-refractivity contribution in [3.63, 3.8) is 0 Å². The molecule has 0 aliphatic rings. The lowest BCUT2D eigenvalue weighted by atomic mass is 10.2. The van der Waals surface area contributed by atoms with E-state index in [0.717, 1.165) is 17.0 Å². The molecule has 0 radical (unpaired) electrons. The molecule has 0 saturated heterocycles. The van der Waals surface area contributed by atoms with Crippen LogP contribution in [-0.4, -0.2) is 32.2 Å². The van der Waals surface area contributed by atoms with Crippen LogP contribution in [0.25, 0.3) is 0 Å². The lowest BCUT2D eigenvalue weighted by Gasteiger charge is -2.11. The normalized spacial score (nSPS) is 10.5. The number of nitrogens with one attached hydrogen (secondary N) is 2. The largest absolute Gasteiger partial charge is 0.497 e. The summed E-state index contributed by atoms with van der Waals surface area (Å²) in [4.78, 5) is 0. The van der Waals surface area contributed by atoms with Gasteiger partial charge in [0, 0.05) is 5.69 Å². The number of hydrogen-bond acceptors (Lipinski definition) is 5. The summed E-state index contributed by atoms with van der Waals surface area (Å²) in [7, 11) is 3.17. The summed E-state index contributed by atoms with van der Waals surface area (Å²) in [5.41, 5.74) is 4.32. The van der Waals surface area contributed by atoms with Crippen molar-refractivity contribution in [3.8, 4) is 17.2 Å². The molecule has 26 heavy (non-hydrogen) atoms. The first-order valence-corrected chi connectivity index (χ1v) is 8.60. The number of hydrogen-bond donors (Lipinski definition) is 2. The molecule has 0 bridgehead atoms. The number of anilines is 1. The number of benzene rings is 2. The van der Waals surface area contributed by atoms with Gasteiger partial charge in [0.2, 0.25) is 0 Å². The summed E-state index contributed by atoms with van der Waals surface area (Å²) in [5, 5.41) is 7.93. The number of methoxy groups -OCH3 is 2. The van der Waals surface area contributed by atoms with E-state index in [1.807, 2.05) is 31.2 Å². The zero-order valence-corrected chi connectivity index (χ0v) is 16.3. The van der Waals surface area contributed by atoms with Crippen molar-refractivity contribution in [1.82, 2.24) is 5.43 Å². The van der Waals surface area contributed by atoms with Gasteiger partial charge >= 0.3 is 0 Å². The predicted molar refractivity (Wildman–Crippen MR) is 109 cm³/mol. The summed E-state index contributed by atoms with van der Waals surface area (Å²) < 4.78 is 15.9. The van der Waals surface area contributed by atoms with Crippen LogP contribution in [0.4, 0.5) is 5.69 Å². The van der Waals surface area contributed by atoms with Crippen molar-refractivity contribution in [1.29, 1.82) is 0 Å². The zero-order valence-electron chi connectivity index (χ0n) is 14.7. The lowest BCUT2D eigenvalue weighted by Crippen LogP contribution is -2.23. The maximum Gasteiger partial charge on any atom is 0.191 e. The van der Waals surface area contributed by atoms with E-state index in [-0.39, 0.29) is 0 Å². The summed E-state index contributed by atoms with van der Waals surface area (Å²) >= 11 is 11.4. The van der Waals surface area contributed by atoms with Crippen molar-refractivity contribution in [2.45, 2.75) is 6.92 Å². The molecular weight excluding hydrogens is 374 g/mol. The Bertz CT molecular complexity index is 782. The predicted octanol–water partition coefficient (Wildman–Crippen LogP) is 4.08. The fraction of sp³-hybridized carbons (Fsp3) is 0.222. The molecular formula is C18H20ClN3O3S. The van der Waals surface area contributed by atoms with E-state index in [1.165, 1.54) is 0 Å². The Morgan fingerprint density at radius 3 is 2.54 bits per heavy atom. The number of hydrazone groups is 1. The average Bonchev–Trinajstić information content (AvgIpc) is 2.64. The molecule has 0 saturated carbocycles. The van der Waals surface area contributed by atoms with Crippen molar-refractivity contribution < 1.29 is 14.2 Å². The third-order valence-corrected chi connectivity index (χ3v) is 3.74. The van der Waals surface area contributed by atoms with Crippen LogP contribution in [-0.2, 0) is 0 Å². The molecule has 0 atom stereocenters. The van der Waals surface area contributed by atoms with Crippen LogP contribution in [0.2, 0.25) is 5.02 Å². The van der Waals surface area contributed by atoms with E-state index in [0.29, 0.717) is 28.2 Å². The van der Waals surface area contributed by atoms with Crippen LogP contribution in [0.15, 0.2) is 41.5 Å². The molecule has 6 nitrogen and oxygen atoms in total. The fourth-order valence-corrected chi connectivity index (χ4v) is 2.54. The summed E-state index contributed by atoms with van der Waals surface area (Å²) in [5.74, 6) is 1.83. The van der Waals surface area contributed by atoms with E-state index < -0.39 is 0 Å². The second kappa shape index (κ2) is 9.84. The second-order valence-electron chi connectivity index (χ2n) is 5.02. The third kappa shape index (κ3) is 5.50. The standard InChI is InChI=1S/C18H20ClN3O3S/c1-4-25-17-15(19)9-12(10-16(17)24-3)11-20-22-18(26)21-13-5-7-14(23-2)8-6-13/h5-11H,4H2,1-3H3,(H2,21,22,26)/b20-11+. The minimum atomic E-state index is 0.357. The molecule has 2 aromatic carbocycles. The van der Waals surface area contributed by atoms with Gasteiger partial charge < -0.3 is 19.5 Å². The maximum atomic E-state index is 6.23. The first-order valence-electron chi connectivity index (χ1n) is 7.81. The third-order valence-electron chi connectivity index (χ3n) is 3.27. The van der Waals surface area contributed by atoms with Crippen molar-refractivity contribution in [2.75, 3.05) is 26.1 Å². The molecule has 2 aromatic rings. The van der Waals surface area contributed by atoms with Gasteiger partial charge in [0.25, 0.3) is 0 Å². The van der Waals surface area contributed by atoms with Crippen LogP contribution in [0.5, 0.6) is 17.2 Å². The molecule has 8 heteroatoms. The second-order valence-corrected chi connectivity index (χ2v) is 5.84. The van der Waals surface area contributed by atoms with Crippen LogP contribution in [0.1, 0.15) is 12.5 Å². The van der Waals surface area contributed by atoms with Gasteiger partial charge in [-0.3, -0.25) is 5.43 Å². The minimum absolute atomic E-state index is 0.357. The Morgan fingerprint density at radius 2 is 1.92 bits per heavy atom. The Labute approximate surface area is 163 Å². The molecule has 0 unspecified atom stereocenters. The quantitative estimate of drug-likeness (QED) is 0.420. The Kier molecular flexibility index (Phi) is 7.50. The molecule has 0 aliphatic heterocycles. The van der Waals surface area contributed by atoms with Gasteiger partial charge in [-0.05, 0) is 61.1 Å². The highest BCUT2D eigenvalue weighted by atomic mass is 35.5. The summed E-state index contributed by atoms with van der Waals surface area (Å²) in [6.45, 7) is 2.38. The highest BCUT2D eigenvalue weighted by molar-refractivity contribution is 7.80. The Hall–Kier alpha value is -2.51. The van der Waals surface area contributed by atoms with Gasteiger partial charge in [0.05, 0.1) is 32.1 Å². The van der Waals surface area contributed by atoms with Crippen molar-refractivity contribution in [2.24, 2.45) is 5.10 Å². The number of halogens is 1. The lowest BCUT2D eigenvalue weighted by molar-refractivity contribution is 0.311. The molecule has 0 heterocycles. The van der Waals surface area contributed by atoms with Crippen LogP contribution < -0.4 is 25.0 Å². The van der Waals surface area contributed by atoms with E-state index in [4.69, 9.17) is 38.0 Å². The van der Waals surface area contributed by atoms with Crippen LogP contribution >= 0.6 is 23.8 Å². The highest BCUT2D eigenvalue weighted by Crippen LogP contribution is 2.35. The van der Waals surface area contributed by atoms with Gasteiger partial charge in [-0.2, -0.15) is 5.10 Å². The van der Waals surface area contributed by atoms with E-state index in [1.54, 1.807) is 32.6 Å². The molecule has 0 fully saturated rings. The van der Waals surface area contributed by atoms with Gasteiger partial charge in [-0.25, -0.2) is 0 Å². The molecule has 0 spiro atoms. The van der Waals surface area contributed by atoms with Gasteiger partial charge in [-0.1, -0.05) is 11.6 Å². The average molecular weight is 394 g/mol. The minimum Gasteiger partial charge on any atom is -0.497 e. The van der Waals surface area contributed by atoms with Crippen molar-refractivity contribution >= 4 is 40.8 Å². The molecule has 2 N–H and O–H groups in total. The number of thiocarbonyl (C=S) groups is 1. The first kappa shape index (κ1) is 19.8. The fourth-order valence-electron chi connectivity index (χ4n) is 2.10. The smallest absolute Gasteiger partial charge is 0.191 e. The van der Waals surface area contributed by atoms with Crippen LogP contribution in [0.3, 0.4) is 0 Å². The zero-order chi connectivity index (χ0) is 18.9. The summed E-state index contributed by atoms with van der Waals surface area (Å²) in [6.07, 6.45) is 1.59. The highest BCUT2D eigenvalue weighted by Gasteiger charge is 2.10.